The van der Waals surface area contributed by atoms with Crippen LogP contribution in [0.3, 0.4) is 0 Å². The molecule has 16 heavy (non-hydrogen) atoms. The maximum Gasteiger partial charge on any atom is 0.0161 e. The van der Waals surface area contributed by atoms with Gasteiger partial charge in [0, 0.05) is 17.6 Å². The molecule has 1 fully saturated rings. The van der Waals surface area contributed by atoms with Crippen LogP contribution in [0.1, 0.15) is 53.9 Å². The Hall–Kier alpha value is -0.0800. The van der Waals surface area contributed by atoms with Crippen molar-refractivity contribution in [1.82, 2.24) is 10.2 Å². The summed E-state index contributed by atoms with van der Waals surface area (Å²) >= 11 is 0. The molecule has 1 aliphatic heterocycles. The van der Waals surface area contributed by atoms with Crippen LogP contribution < -0.4 is 5.32 Å². The third-order valence-corrected chi connectivity index (χ3v) is 3.81. The Morgan fingerprint density at radius 1 is 1.31 bits per heavy atom. The minimum atomic E-state index is 0.307. The van der Waals surface area contributed by atoms with E-state index in [4.69, 9.17) is 0 Å². The summed E-state index contributed by atoms with van der Waals surface area (Å²) in [6.07, 6.45) is 4.04. The average Bonchev–Trinajstić information content (AvgIpc) is 2.41. The predicted molar refractivity (Wildman–Crippen MR) is 71.8 cm³/mol. The van der Waals surface area contributed by atoms with E-state index in [0.29, 0.717) is 11.1 Å². The number of rotatable bonds is 4. The van der Waals surface area contributed by atoms with Crippen LogP contribution in [0.2, 0.25) is 0 Å². The summed E-state index contributed by atoms with van der Waals surface area (Å²) in [6.45, 7) is 14.2. The fourth-order valence-corrected chi connectivity index (χ4v) is 3.33. The van der Waals surface area contributed by atoms with Crippen molar-refractivity contribution < 1.29 is 0 Å². The predicted octanol–water partition coefficient (Wildman–Crippen LogP) is 2.89. The normalized spacial score (nSPS) is 26.2. The molecule has 0 bridgehead atoms. The van der Waals surface area contributed by atoms with Gasteiger partial charge < -0.3 is 5.32 Å². The molecular formula is C14H30N2. The van der Waals surface area contributed by atoms with Crippen LogP contribution in [0.15, 0.2) is 0 Å². The highest BCUT2D eigenvalue weighted by Crippen LogP contribution is 2.39. The molecule has 1 saturated heterocycles. The van der Waals surface area contributed by atoms with Crippen molar-refractivity contribution >= 4 is 0 Å². The van der Waals surface area contributed by atoms with E-state index in [2.05, 4.69) is 44.8 Å². The van der Waals surface area contributed by atoms with Crippen molar-refractivity contribution in [2.75, 3.05) is 20.1 Å². The maximum atomic E-state index is 3.24. The molecule has 1 heterocycles. The third kappa shape index (κ3) is 3.46. The number of likely N-dealkylation sites (tertiary alicyclic amines) is 1. The largest absolute Gasteiger partial charge is 0.320 e. The van der Waals surface area contributed by atoms with Crippen LogP contribution in [0.4, 0.5) is 0 Å². The van der Waals surface area contributed by atoms with Gasteiger partial charge in [0.1, 0.15) is 0 Å². The topological polar surface area (TPSA) is 15.3 Å². The Morgan fingerprint density at radius 2 is 1.94 bits per heavy atom. The summed E-state index contributed by atoms with van der Waals surface area (Å²) < 4.78 is 0. The molecule has 1 rings (SSSR count). The quantitative estimate of drug-likeness (QED) is 0.742. The second-order valence-corrected chi connectivity index (χ2v) is 6.91. The van der Waals surface area contributed by atoms with Crippen LogP contribution in [0.25, 0.3) is 0 Å². The Bertz CT molecular complexity index is 215. The van der Waals surface area contributed by atoms with E-state index in [9.17, 15) is 0 Å². The molecule has 0 saturated carbocycles. The summed E-state index contributed by atoms with van der Waals surface area (Å²) in [7, 11) is 2.04. The number of hydrogen-bond acceptors (Lipinski definition) is 2. The lowest BCUT2D eigenvalue weighted by Gasteiger charge is -2.42. The van der Waals surface area contributed by atoms with Crippen LogP contribution in [0, 0.1) is 5.92 Å². The molecule has 0 aromatic carbocycles. The lowest BCUT2D eigenvalue weighted by molar-refractivity contribution is 0.0670. The van der Waals surface area contributed by atoms with Gasteiger partial charge in [-0.1, -0.05) is 0 Å². The van der Waals surface area contributed by atoms with Gasteiger partial charge in [-0.15, -0.1) is 0 Å². The zero-order valence-corrected chi connectivity index (χ0v) is 12.1. The van der Waals surface area contributed by atoms with E-state index in [0.717, 1.165) is 12.5 Å². The van der Waals surface area contributed by atoms with Gasteiger partial charge in [0.15, 0.2) is 0 Å². The molecular weight excluding hydrogens is 196 g/mol. The van der Waals surface area contributed by atoms with Crippen molar-refractivity contribution in [3.8, 4) is 0 Å². The first-order valence-electron chi connectivity index (χ1n) is 6.70. The van der Waals surface area contributed by atoms with Crippen molar-refractivity contribution in [2.45, 2.75) is 65.0 Å². The molecule has 2 heteroatoms. The Kier molecular flexibility index (Phi) is 4.42. The summed E-state index contributed by atoms with van der Waals surface area (Å²) in [4.78, 5) is 2.68. The standard InChI is InChI=1S/C14H30N2/c1-13(2,3)16-11-12(8-7-9-15-6)10-14(16,4)5/h12,15H,7-11H2,1-6H3. The summed E-state index contributed by atoms with van der Waals surface area (Å²) in [5.41, 5.74) is 0.684. The van der Waals surface area contributed by atoms with E-state index < -0.39 is 0 Å². The SMILES string of the molecule is CNCCCC1CN(C(C)(C)C)C(C)(C)C1. The fraction of sp³-hybridized carbons (Fsp3) is 1.00. The van der Waals surface area contributed by atoms with Gasteiger partial charge >= 0.3 is 0 Å². The summed E-state index contributed by atoms with van der Waals surface area (Å²) in [5, 5.41) is 3.24. The van der Waals surface area contributed by atoms with Gasteiger partial charge in [0.2, 0.25) is 0 Å². The number of hydrogen-bond donors (Lipinski definition) is 1. The van der Waals surface area contributed by atoms with Crippen LogP contribution in [0.5, 0.6) is 0 Å². The first-order valence-corrected chi connectivity index (χ1v) is 6.70. The van der Waals surface area contributed by atoms with Crippen molar-refractivity contribution in [2.24, 2.45) is 5.92 Å². The van der Waals surface area contributed by atoms with Gasteiger partial charge in [-0.3, -0.25) is 4.90 Å². The average molecular weight is 226 g/mol. The zero-order chi connectivity index (χ0) is 12.4. The second-order valence-electron chi connectivity index (χ2n) is 6.91. The van der Waals surface area contributed by atoms with Gasteiger partial charge in [-0.05, 0) is 73.4 Å². The number of nitrogens with zero attached hydrogens (tertiary/aromatic N) is 1. The van der Waals surface area contributed by atoms with Gasteiger partial charge in [0.25, 0.3) is 0 Å². The van der Waals surface area contributed by atoms with E-state index in [1.54, 1.807) is 0 Å². The Balaban J connectivity index is 2.51. The molecule has 0 radical (unpaired) electrons. The minimum Gasteiger partial charge on any atom is -0.320 e. The number of nitrogens with one attached hydrogen (secondary N) is 1. The smallest absolute Gasteiger partial charge is 0.0161 e. The van der Waals surface area contributed by atoms with E-state index in [1.807, 2.05) is 7.05 Å². The van der Waals surface area contributed by atoms with Crippen molar-refractivity contribution in [1.29, 1.82) is 0 Å². The molecule has 0 spiro atoms. The molecule has 0 aliphatic carbocycles. The third-order valence-electron chi connectivity index (χ3n) is 3.81. The lowest BCUT2D eigenvalue weighted by atomic mass is 9.92. The van der Waals surface area contributed by atoms with Gasteiger partial charge in [-0.25, -0.2) is 0 Å². The fourth-order valence-electron chi connectivity index (χ4n) is 3.33. The lowest BCUT2D eigenvalue weighted by Crippen LogP contribution is -2.50. The zero-order valence-electron chi connectivity index (χ0n) is 12.1. The Labute approximate surface area is 102 Å². The van der Waals surface area contributed by atoms with Crippen molar-refractivity contribution in [3.63, 3.8) is 0 Å². The summed E-state index contributed by atoms with van der Waals surface area (Å²) in [5.74, 6) is 0.891. The molecule has 1 unspecified atom stereocenters. The Morgan fingerprint density at radius 3 is 2.38 bits per heavy atom. The molecule has 2 nitrogen and oxygen atoms in total. The highest BCUT2D eigenvalue weighted by molar-refractivity contribution is 4.98. The highest BCUT2D eigenvalue weighted by atomic mass is 15.3. The molecule has 1 N–H and O–H groups in total. The minimum absolute atomic E-state index is 0.307. The van der Waals surface area contributed by atoms with Crippen LogP contribution in [-0.4, -0.2) is 36.1 Å². The second kappa shape index (κ2) is 5.05. The van der Waals surface area contributed by atoms with Gasteiger partial charge in [0.05, 0.1) is 0 Å². The van der Waals surface area contributed by atoms with E-state index in [-0.39, 0.29) is 0 Å². The molecule has 1 aliphatic rings. The van der Waals surface area contributed by atoms with Gasteiger partial charge in [-0.2, -0.15) is 0 Å². The summed E-state index contributed by atoms with van der Waals surface area (Å²) in [6, 6.07) is 0. The van der Waals surface area contributed by atoms with Crippen LogP contribution >= 0.6 is 0 Å². The first-order chi connectivity index (χ1) is 7.27. The molecule has 0 aromatic rings. The highest BCUT2D eigenvalue weighted by Gasteiger charge is 2.42. The van der Waals surface area contributed by atoms with E-state index >= 15 is 0 Å². The molecule has 0 aromatic heterocycles. The molecule has 1 atom stereocenters. The monoisotopic (exact) mass is 226 g/mol. The maximum absolute atomic E-state index is 3.24. The van der Waals surface area contributed by atoms with Crippen LogP contribution in [-0.2, 0) is 0 Å². The molecule has 0 amide bonds. The van der Waals surface area contributed by atoms with Crippen molar-refractivity contribution in [3.05, 3.63) is 0 Å². The van der Waals surface area contributed by atoms with E-state index in [1.165, 1.54) is 25.8 Å². The first kappa shape index (κ1) is 14.0. The molecule has 96 valence electrons.